The summed E-state index contributed by atoms with van der Waals surface area (Å²) in [6, 6.07) is 15.5. The van der Waals surface area contributed by atoms with Crippen molar-refractivity contribution in [1.29, 1.82) is 0 Å². The fourth-order valence-electron chi connectivity index (χ4n) is 4.34. The van der Waals surface area contributed by atoms with E-state index in [1.54, 1.807) is 40.5 Å². The second-order valence-corrected chi connectivity index (χ2v) is 10.2. The first-order valence-electron chi connectivity index (χ1n) is 10.7. The van der Waals surface area contributed by atoms with Crippen molar-refractivity contribution < 1.29 is 14.0 Å². The van der Waals surface area contributed by atoms with Crippen molar-refractivity contribution in [3.8, 4) is 0 Å². The summed E-state index contributed by atoms with van der Waals surface area (Å²) in [7, 11) is 0. The van der Waals surface area contributed by atoms with E-state index in [0.29, 0.717) is 12.1 Å². The SMILES string of the molecule is O=C(c1ccc(Br)cc1)N(CC(=O)N1CCc2sccc2C1c1ccc(F)cc1)C1CC1. The molecule has 1 atom stereocenters. The van der Waals surface area contributed by atoms with Gasteiger partial charge in [0, 0.05) is 27.5 Å². The molecule has 0 N–H and O–H groups in total. The lowest BCUT2D eigenvalue weighted by atomic mass is 9.93. The van der Waals surface area contributed by atoms with Crippen LogP contribution in [0.3, 0.4) is 0 Å². The average Bonchev–Trinajstić information content (AvgIpc) is 3.53. The van der Waals surface area contributed by atoms with Crippen LogP contribution in [0.25, 0.3) is 0 Å². The Bertz CT molecular complexity index is 1140. The first-order chi connectivity index (χ1) is 15.5. The third-order valence-corrected chi connectivity index (χ3v) is 7.64. The lowest BCUT2D eigenvalue weighted by Crippen LogP contribution is -2.47. The van der Waals surface area contributed by atoms with Gasteiger partial charge < -0.3 is 9.80 Å². The molecule has 2 aliphatic rings. The van der Waals surface area contributed by atoms with Crippen LogP contribution >= 0.6 is 27.3 Å². The highest BCUT2D eigenvalue weighted by Crippen LogP contribution is 2.38. The summed E-state index contributed by atoms with van der Waals surface area (Å²) in [4.78, 5) is 31.6. The van der Waals surface area contributed by atoms with E-state index < -0.39 is 0 Å². The number of fused-ring (bicyclic) bond motifs is 1. The molecule has 0 bridgehead atoms. The third kappa shape index (κ3) is 4.24. The molecule has 4 nitrogen and oxygen atoms in total. The zero-order chi connectivity index (χ0) is 22.2. The van der Waals surface area contributed by atoms with Crippen LogP contribution in [0, 0.1) is 5.82 Å². The zero-order valence-corrected chi connectivity index (χ0v) is 19.7. The van der Waals surface area contributed by atoms with Crippen molar-refractivity contribution in [2.45, 2.75) is 31.3 Å². The summed E-state index contributed by atoms with van der Waals surface area (Å²) in [5.74, 6) is -0.485. The van der Waals surface area contributed by atoms with E-state index in [-0.39, 0.29) is 36.3 Å². The van der Waals surface area contributed by atoms with Crippen LogP contribution in [-0.2, 0) is 11.2 Å². The average molecular weight is 513 g/mol. The number of nitrogens with zero attached hydrogens (tertiary/aromatic N) is 2. The van der Waals surface area contributed by atoms with Crippen LogP contribution < -0.4 is 0 Å². The molecule has 1 aliphatic carbocycles. The Morgan fingerprint density at radius 1 is 1.06 bits per heavy atom. The van der Waals surface area contributed by atoms with E-state index >= 15 is 0 Å². The Hall–Kier alpha value is -2.51. The predicted octanol–water partition coefficient (Wildman–Crippen LogP) is 5.43. The lowest BCUT2D eigenvalue weighted by Gasteiger charge is -2.37. The van der Waals surface area contributed by atoms with Crippen LogP contribution in [0.2, 0.25) is 0 Å². The molecule has 5 rings (SSSR count). The number of thiophene rings is 1. The Labute approximate surface area is 198 Å². The minimum absolute atomic E-state index is 0.0523. The van der Waals surface area contributed by atoms with Gasteiger partial charge in [-0.05, 0) is 78.2 Å². The number of carbonyl (C=O) groups is 2. The molecule has 1 saturated carbocycles. The molecule has 32 heavy (non-hydrogen) atoms. The predicted molar refractivity (Wildman–Crippen MR) is 126 cm³/mol. The number of hydrogen-bond acceptors (Lipinski definition) is 3. The number of halogens is 2. The maximum atomic E-state index is 13.6. The van der Waals surface area contributed by atoms with Gasteiger partial charge in [-0.25, -0.2) is 4.39 Å². The molecule has 3 aromatic rings. The van der Waals surface area contributed by atoms with Crippen molar-refractivity contribution in [1.82, 2.24) is 9.80 Å². The topological polar surface area (TPSA) is 40.6 Å². The van der Waals surface area contributed by atoms with Gasteiger partial charge in [0.15, 0.2) is 0 Å². The highest BCUT2D eigenvalue weighted by atomic mass is 79.9. The van der Waals surface area contributed by atoms with E-state index in [1.807, 2.05) is 22.4 Å². The van der Waals surface area contributed by atoms with Gasteiger partial charge in [0.05, 0.1) is 6.04 Å². The number of benzene rings is 2. The quantitative estimate of drug-likeness (QED) is 0.457. The highest BCUT2D eigenvalue weighted by molar-refractivity contribution is 9.10. The van der Waals surface area contributed by atoms with Crippen molar-refractivity contribution in [2.24, 2.45) is 0 Å². The molecule has 1 aromatic heterocycles. The van der Waals surface area contributed by atoms with Crippen molar-refractivity contribution in [3.05, 3.63) is 91.8 Å². The highest BCUT2D eigenvalue weighted by Gasteiger charge is 2.38. The Balaban J connectivity index is 1.42. The summed E-state index contributed by atoms with van der Waals surface area (Å²) < 4.78 is 14.5. The molecule has 2 aromatic carbocycles. The Morgan fingerprint density at radius 3 is 2.47 bits per heavy atom. The van der Waals surface area contributed by atoms with Gasteiger partial charge in [-0.2, -0.15) is 0 Å². The van der Waals surface area contributed by atoms with Crippen LogP contribution in [0.5, 0.6) is 0 Å². The van der Waals surface area contributed by atoms with Crippen LogP contribution in [0.15, 0.2) is 64.5 Å². The monoisotopic (exact) mass is 512 g/mol. The molecular weight excluding hydrogens is 491 g/mol. The van der Waals surface area contributed by atoms with Crippen molar-refractivity contribution in [3.63, 3.8) is 0 Å². The van der Waals surface area contributed by atoms with E-state index in [0.717, 1.165) is 34.9 Å². The largest absolute Gasteiger partial charge is 0.330 e. The van der Waals surface area contributed by atoms with Gasteiger partial charge in [0.1, 0.15) is 12.4 Å². The van der Waals surface area contributed by atoms with Gasteiger partial charge in [-0.1, -0.05) is 28.1 Å². The molecule has 7 heteroatoms. The van der Waals surface area contributed by atoms with Crippen LogP contribution in [0.4, 0.5) is 4.39 Å². The van der Waals surface area contributed by atoms with Gasteiger partial charge in [0.25, 0.3) is 5.91 Å². The molecule has 2 amide bonds. The summed E-state index contributed by atoms with van der Waals surface area (Å²) >= 11 is 5.09. The molecule has 1 fully saturated rings. The fourth-order valence-corrected chi connectivity index (χ4v) is 5.51. The molecular formula is C25H22BrFN2O2S. The van der Waals surface area contributed by atoms with E-state index in [9.17, 15) is 14.0 Å². The second-order valence-electron chi connectivity index (χ2n) is 8.26. The summed E-state index contributed by atoms with van der Waals surface area (Å²) in [6.07, 6.45) is 2.64. The third-order valence-electron chi connectivity index (χ3n) is 6.12. The summed E-state index contributed by atoms with van der Waals surface area (Å²) in [5, 5.41) is 2.04. The normalized spacial score (nSPS) is 17.7. The van der Waals surface area contributed by atoms with Crippen LogP contribution in [-0.4, -0.2) is 40.7 Å². The Morgan fingerprint density at radius 2 is 1.78 bits per heavy atom. The van der Waals surface area contributed by atoms with Gasteiger partial charge >= 0.3 is 0 Å². The fraction of sp³-hybridized carbons (Fsp3) is 0.280. The van der Waals surface area contributed by atoms with E-state index in [2.05, 4.69) is 22.0 Å². The lowest BCUT2D eigenvalue weighted by molar-refractivity contribution is -0.134. The number of carbonyl (C=O) groups excluding carboxylic acids is 2. The molecule has 1 aliphatic heterocycles. The van der Waals surface area contributed by atoms with Gasteiger partial charge in [-0.15, -0.1) is 11.3 Å². The van der Waals surface area contributed by atoms with E-state index in [4.69, 9.17) is 0 Å². The summed E-state index contributed by atoms with van der Waals surface area (Å²) in [6.45, 7) is 0.635. The number of hydrogen-bond donors (Lipinski definition) is 0. The molecule has 0 saturated heterocycles. The molecule has 1 unspecified atom stereocenters. The molecule has 164 valence electrons. The first kappa shape index (κ1) is 21.3. The number of amides is 2. The molecule has 0 radical (unpaired) electrons. The van der Waals surface area contributed by atoms with Crippen molar-refractivity contribution in [2.75, 3.05) is 13.1 Å². The second kappa shape index (κ2) is 8.79. The van der Waals surface area contributed by atoms with Crippen molar-refractivity contribution >= 4 is 39.1 Å². The van der Waals surface area contributed by atoms with Gasteiger partial charge in [0.2, 0.25) is 5.91 Å². The maximum Gasteiger partial charge on any atom is 0.254 e. The standard InChI is InChI=1S/C25H22BrFN2O2S/c26-18-5-1-17(2-6-18)25(31)29(20-9-10-20)15-23(30)28-13-11-22-21(12-14-32-22)24(28)16-3-7-19(27)8-4-16/h1-8,12,14,20,24H,9-11,13,15H2. The molecule has 0 spiro atoms. The van der Waals surface area contributed by atoms with E-state index in [1.165, 1.54) is 17.0 Å². The smallest absolute Gasteiger partial charge is 0.254 e. The summed E-state index contributed by atoms with van der Waals surface area (Å²) in [5.41, 5.74) is 2.57. The zero-order valence-electron chi connectivity index (χ0n) is 17.3. The van der Waals surface area contributed by atoms with Gasteiger partial charge in [-0.3, -0.25) is 9.59 Å². The minimum atomic E-state index is -0.298. The number of rotatable bonds is 5. The minimum Gasteiger partial charge on any atom is -0.330 e. The Kier molecular flexibility index (Phi) is 5.86. The van der Waals surface area contributed by atoms with Crippen LogP contribution in [0.1, 0.15) is 45.2 Å². The molecule has 2 heterocycles. The first-order valence-corrected chi connectivity index (χ1v) is 12.4. The maximum absolute atomic E-state index is 13.6.